The van der Waals surface area contributed by atoms with Gasteiger partial charge >= 0.3 is 0 Å². The second-order valence-corrected chi connectivity index (χ2v) is 3.05. The van der Waals surface area contributed by atoms with Crippen LogP contribution < -0.4 is 5.73 Å². The third-order valence-electron chi connectivity index (χ3n) is 1.88. The van der Waals surface area contributed by atoms with E-state index in [1.54, 1.807) is 4.68 Å². The molecule has 0 aliphatic rings. The van der Waals surface area contributed by atoms with Crippen molar-refractivity contribution in [3.8, 4) is 0 Å². The molecule has 0 amide bonds. The molecule has 0 saturated carbocycles. The average Bonchev–Trinajstić information content (AvgIpc) is 2.37. The summed E-state index contributed by atoms with van der Waals surface area (Å²) in [4.78, 5) is 0. The topological polar surface area (TPSA) is 64.1 Å². The van der Waals surface area contributed by atoms with Crippen molar-refractivity contribution in [3.63, 3.8) is 0 Å². The first kappa shape index (κ1) is 9.22. The number of aliphatic hydroxyl groups is 1. The highest BCUT2D eigenvalue weighted by molar-refractivity contribution is 4.96. The minimum absolute atomic E-state index is 0.0266. The molecule has 2 atom stereocenters. The molecule has 0 spiro atoms. The summed E-state index contributed by atoms with van der Waals surface area (Å²) in [5.41, 5.74) is 6.61. The van der Waals surface area contributed by atoms with Crippen LogP contribution in [0.1, 0.15) is 18.7 Å². The molecule has 68 valence electrons. The van der Waals surface area contributed by atoms with Gasteiger partial charge in [-0.15, -0.1) is 0 Å². The van der Waals surface area contributed by atoms with E-state index in [2.05, 4.69) is 5.10 Å². The molecule has 1 aromatic heterocycles. The largest absolute Gasteiger partial charge is 0.394 e. The van der Waals surface area contributed by atoms with E-state index in [-0.39, 0.29) is 18.7 Å². The van der Waals surface area contributed by atoms with Gasteiger partial charge in [0.2, 0.25) is 0 Å². The number of nitrogens with zero attached hydrogens (tertiary/aromatic N) is 2. The molecule has 0 aliphatic carbocycles. The highest BCUT2D eigenvalue weighted by atomic mass is 16.3. The monoisotopic (exact) mass is 169 g/mol. The van der Waals surface area contributed by atoms with Crippen LogP contribution in [0.15, 0.2) is 12.3 Å². The maximum atomic E-state index is 9.02. The van der Waals surface area contributed by atoms with Crippen molar-refractivity contribution in [1.82, 2.24) is 9.78 Å². The molecule has 4 nitrogen and oxygen atoms in total. The number of aryl methyl sites for hydroxylation is 1. The van der Waals surface area contributed by atoms with Crippen LogP contribution in [-0.2, 0) is 0 Å². The molecule has 12 heavy (non-hydrogen) atoms. The first-order chi connectivity index (χ1) is 5.65. The molecule has 0 saturated heterocycles. The van der Waals surface area contributed by atoms with Gasteiger partial charge in [-0.1, -0.05) is 0 Å². The smallest absolute Gasteiger partial charge is 0.0897 e. The van der Waals surface area contributed by atoms with E-state index in [9.17, 15) is 0 Å². The second kappa shape index (κ2) is 3.69. The number of hydrogen-bond donors (Lipinski definition) is 2. The quantitative estimate of drug-likeness (QED) is 0.673. The van der Waals surface area contributed by atoms with Crippen molar-refractivity contribution in [2.75, 3.05) is 6.61 Å². The third-order valence-corrected chi connectivity index (χ3v) is 1.88. The molecule has 1 heterocycles. The maximum absolute atomic E-state index is 9.02. The summed E-state index contributed by atoms with van der Waals surface area (Å²) in [7, 11) is 0. The molecule has 0 aliphatic heterocycles. The van der Waals surface area contributed by atoms with E-state index < -0.39 is 0 Å². The summed E-state index contributed by atoms with van der Waals surface area (Å²) in [5.74, 6) is 0. The Bertz CT molecular complexity index is 244. The number of nitrogens with two attached hydrogens (primary N) is 1. The number of aliphatic hydroxyl groups excluding tert-OH is 1. The van der Waals surface area contributed by atoms with Crippen LogP contribution in [0.3, 0.4) is 0 Å². The zero-order valence-corrected chi connectivity index (χ0v) is 7.44. The van der Waals surface area contributed by atoms with Crippen LogP contribution in [0, 0.1) is 6.92 Å². The first-order valence-electron chi connectivity index (χ1n) is 4.03. The SMILES string of the molecule is Cc1ccn(C(CO)C(C)N)n1. The van der Waals surface area contributed by atoms with Crippen LogP contribution in [0.4, 0.5) is 0 Å². The van der Waals surface area contributed by atoms with Gasteiger partial charge in [-0.05, 0) is 19.9 Å². The Balaban J connectivity index is 2.80. The molecule has 0 radical (unpaired) electrons. The van der Waals surface area contributed by atoms with Crippen molar-refractivity contribution < 1.29 is 5.11 Å². The summed E-state index contributed by atoms with van der Waals surface area (Å²) in [5, 5.41) is 13.2. The first-order valence-corrected chi connectivity index (χ1v) is 4.03. The van der Waals surface area contributed by atoms with Crippen LogP contribution in [0.5, 0.6) is 0 Å². The number of hydrogen-bond acceptors (Lipinski definition) is 3. The summed E-state index contributed by atoms with van der Waals surface area (Å²) in [6.45, 7) is 3.79. The van der Waals surface area contributed by atoms with Gasteiger partial charge in [-0.3, -0.25) is 4.68 Å². The Morgan fingerprint density at radius 3 is 2.75 bits per heavy atom. The normalized spacial score (nSPS) is 16.0. The van der Waals surface area contributed by atoms with Gasteiger partial charge < -0.3 is 10.8 Å². The van der Waals surface area contributed by atoms with Crippen molar-refractivity contribution >= 4 is 0 Å². The van der Waals surface area contributed by atoms with Crippen LogP contribution in [0.2, 0.25) is 0 Å². The van der Waals surface area contributed by atoms with E-state index in [4.69, 9.17) is 10.8 Å². The highest BCUT2D eigenvalue weighted by Crippen LogP contribution is 2.08. The van der Waals surface area contributed by atoms with Gasteiger partial charge in [0.25, 0.3) is 0 Å². The number of rotatable bonds is 3. The second-order valence-electron chi connectivity index (χ2n) is 3.05. The molecule has 1 rings (SSSR count). The molecule has 1 aromatic rings. The van der Waals surface area contributed by atoms with Crippen LogP contribution in [-0.4, -0.2) is 27.5 Å². The lowest BCUT2D eigenvalue weighted by Crippen LogP contribution is -2.32. The average molecular weight is 169 g/mol. The molecular formula is C8H15N3O. The Hall–Kier alpha value is -0.870. The summed E-state index contributed by atoms with van der Waals surface area (Å²) in [6, 6.07) is 1.69. The van der Waals surface area contributed by atoms with E-state index >= 15 is 0 Å². The van der Waals surface area contributed by atoms with E-state index in [0.29, 0.717) is 0 Å². The predicted molar refractivity (Wildman–Crippen MR) is 46.7 cm³/mol. The van der Waals surface area contributed by atoms with Gasteiger partial charge in [-0.25, -0.2) is 0 Å². The zero-order chi connectivity index (χ0) is 9.14. The lowest BCUT2D eigenvalue weighted by atomic mass is 10.2. The van der Waals surface area contributed by atoms with E-state index in [1.165, 1.54) is 0 Å². The Morgan fingerprint density at radius 1 is 1.75 bits per heavy atom. The molecule has 0 aromatic carbocycles. The molecule has 2 unspecified atom stereocenters. The zero-order valence-electron chi connectivity index (χ0n) is 7.44. The van der Waals surface area contributed by atoms with Crippen molar-refractivity contribution in [3.05, 3.63) is 18.0 Å². The lowest BCUT2D eigenvalue weighted by molar-refractivity contribution is 0.201. The fraction of sp³-hybridized carbons (Fsp3) is 0.625. The van der Waals surface area contributed by atoms with Gasteiger partial charge in [-0.2, -0.15) is 5.10 Å². The highest BCUT2D eigenvalue weighted by Gasteiger charge is 2.14. The minimum atomic E-state index is -0.112. The lowest BCUT2D eigenvalue weighted by Gasteiger charge is -2.18. The van der Waals surface area contributed by atoms with Gasteiger partial charge in [0.05, 0.1) is 18.3 Å². The van der Waals surface area contributed by atoms with Crippen molar-refractivity contribution in [2.45, 2.75) is 25.9 Å². The maximum Gasteiger partial charge on any atom is 0.0897 e. The molecule has 0 bridgehead atoms. The Labute approximate surface area is 72.0 Å². The van der Waals surface area contributed by atoms with Crippen molar-refractivity contribution in [2.24, 2.45) is 5.73 Å². The van der Waals surface area contributed by atoms with E-state index in [1.807, 2.05) is 26.1 Å². The summed E-state index contributed by atoms with van der Waals surface area (Å²) >= 11 is 0. The standard InChI is InChI=1S/C8H15N3O/c1-6-3-4-11(10-6)8(5-12)7(2)9/h3-4,7-8,12H,5,9H2,1-2H3. The summed E-state index contributed by atoms with van der Waals surface area (Å²) in [6.07, 6.45) is 1.83. The predicted octanol–water partition coefficient (Wildman–Crippen LogP) is 0.0721. The third kappa shape index (κ3) is 1.84. The van der Waals surface area contributed by atoms with Gasteiger partial charge in [0, 0.05) is 12.2 Å². The molecular weight excluding hydrogens is 154 g/mol. The fourth-order valence-corrected chi connectivity index (χ4v) is 1.11. The minimum Gasteiger partial charge on any atom is -0.394 e. The molecule has 3 N–H and O–H groups in total. The Morgan fingerprint density at radius 2 is 2.42 bits per heavy atom. The Kier molecular flexibility index (Phi) is 2.83. The molecule has 4 heteroatoms. The fourth-order valence-electron chi connectivity index (χ4n) is 1.11. The van der Waals surface area contributed by atoms with Crippen LogP contribution >= 0.6 is 0 Å². The summed E-state index contributed by atoms with van der Waals surface area (Å²) < 4.78 is 1.71. The van der Waals surface area contributed by atoms with Gasteiger partial charge in [0.15, 0.2) is 0 Å². The number of aromatic nitrogens is 2. The van der Waals surface area contributed by atoms with Crippen molar-refractivity contribution in [1.29, 1.82) is 0 Å². The van der Waals surface area contributed by atoms with E-state index in [0.717, 1.165) is 5.69 Å². The van der Waals surface area contributed by atoms with Crippen LogP contribution in [0.25, 0.3) is 0 Å². The molecule has 0 fully saturated rings. The van der Waals surface area contributed by atoms with Gasteiger partial charge in [0.1, 0.15) is 0 Å².